The molecule has 1 fully saturated rings. The van der Waals surface area contributed by atoms with Crippen LogP contribution in [0.25, 0.3) is 0 Å². The molecule has 1 amide bonds. The fourth-order valence-corrected chi connectivity index (χ4v) is 4.42. The highest BCUT2D eigenvalue weighted by Crippen LogP contribution is 2.34. The summed E-state index contributed by atoms with van der Waals surface area (Å²) in [5, 5.41) is 3.28. The van der Waals surface area contributed by atoms with Gasteiger partial charge >= 0.3 is 0 Å². The number of ether oxygens (including phenoxy) is 2. The summed E-state index contributed by atoms with van der Waals surface area (Å²) in [4.78, 5) is 24.5. The first-order valence-corrected chi connectivity index (χ1v) is 11.5. The van der Waals surface area contributed by atoms with Crippen LogP contribution in [0.5, 0.6) is 11.5 Å². The molecule has 4 heterocycles. The van der Waals surface area contributed by atoms with Gasteiger partial charge < -0.3 is 19.7 Å². The maximum Gasteiger partial charge on any atom is 0.227 e. The molecule has 7 nitrogen and oxygen atoms in total. The minimum Gasteiger partial charge on any atom is -0.490 e. The van der Waals surface area contributed by atoms with Crippen LogP contribution < -0.4 is 14.8 Å². The molecule has 3 aromatic rings. The summed E-state index contributed by atoms with van der Waals surface area (Å²) in [5.41, 5.74) is 2.78. The third-order valence-electron chi connectivity index (χ3n) is 6.00. The van der Waals surface area contributed by atoms with Crippen molar-refractivity contribution < 1.29 is 14.3 Å². The van der Waals surface area contributed by atoms with Gasteiger partial charge in [0.15, 0.2) is 11.5 Å². The van der Waals surface area contributed by atoms with Crippen LogP contribution in [0.3, 0.4) is 0 Å². The zero-order valence-corrected chi connectivity index (χ0v) is 18.8. The van der Waals surface area contributed by atoms with Crippen molar-refractivity contribution in [1.82, 2.24) is 14.9 Å². The van der Waals surface area contributed by atoms with Crippen LogP contribution >= 0.6 is 0 Å². The van der Waals surface area contributed by atoms with Crippen LogP contribution in [0.15, 0.2) is 54.6 Å². The molecule has 0 aliphatic carbocycles. The van der Waals surface area contributed by atoms with Gasteiger partial charge in [0.25, 0.3) is 0 Å². The van der Waals surface area contributed by atoms with Crippen LogP contribution in [0.1, 0.15) is 42.3 Å². The van der Waals surface area contributed by atoms with Crippen molar-refractivity contribution >= 4 is 17.5 Å². The minimum atomic E-state index is -0.0230. The van der Waals surface area contributed by atoms with Crippen LogP contribution in [0.4, 0.5) is 11.6 Å². The molecule has 0 unspecified atom stereocenters. The molecule has 7 heteroatoms. The second kappa shape index (κ2) is 9.48. The topological polar surface area (TPSA) is 76.6 Å². The van der Waals surface area contributed by atoms with Crippen LogP contribution in [-0.4, -0.2) is 40.5 Å². The molecule has 0 radical (unpaired) electrons. The summed E-state index contributed by atoms with van der Waals surface area (Å²) in [5.74, 6) is 3.06. The number of aryl methyl sites for hydroxylation is 1. The lowest BCUT2D eigenvalue weighted by Crippen LogP contribution is -2.32. The molecule has 0 saturated carbocycles. The van der Waals surface area contributed by atoms with E-state index < -0.39 is 0 Å². The Balaban J connectivity index is 1.30. The number of fused-ring (bicyclic) bond motifs is 1. The summed E-state index contributed by atoms with van der Waals surface area (Å²) >= 11 is 0. The van der Waals surface area contributed by atoms with E-state index in [1.165, 1.54) is 0 Å². The zero-order valence-electron chi connectivity index (χ0n) is 18.8. The normalized spacial score (nSPS) is 17.5. The number of nitrogens with zero attached hydrogens (tertiary/aromatic N) is 3. The Hall–Kier alpha value is -3.61. The van der Waals surface area contributed by atoms with Crippen molar-refractivity contribution in [2.45, 2.75) is 38.6 Å². The van der Waals surface area contributed by atoms with Gasteiger partial charge in [-0.3, -0.25) is 4.79 Å². The predicted octanol–water partition coefficient (Wildman–Crippen LogP) is 4.60. The van der Waals surface area contributed by atoms with Crippen LogP contribution in [0.2, 0.25) is 0 Å². The summed E-state index contributed by atoms with van der Waals surface area (Å²) in [7, 11) is 0. The number of carbonyl (C=O) groups is 1. The lowest BCUT2D eigenvalue weighted by atomic mass is 10.1. The van der Waals surface area contributed by atoms with E-state index in [1.54, 1.807) is 0 Å². The van der Waals surface area contributed by atoms with E-state index in [4.69, 9.17) is 14.5 Å². The Morgan fingerprint density at radius 2 is 1.79 bits per heavy atom. The summed E-state index contributed by atoms with van der Waals surface area (Å²) < 4.78 is 11.5. The average Bonchev–Trinajstić information content (AvgIpc) is 3.19. The Morgan fingerprint density at radius 3 is 2.64 bits per heavy atom. The average molecular weight is 445 g/mol. The second-order valence-electron chi connectivity index (χ2n) is 8.49. The Morgan fingerprint density at radius 1 is 1.00 bits per heavy atom. The first-order chi connectivity index (χ1) is 16.2. The smallest absolute Gasteiger partial charge is 0.227 e. The highest BCUT2D eigenvalue weighted by molar-refractivity contribution is 5.79. The molecule has 1 atom stereocenters. The molecular weight excluding hydrogens is 416 g/mol. The molecule has 1 aromatic carbocycles. The second-order valence-corrected chi connectivity index (χ2v) is 8.49. The van der Waals surface area contributed by atoms with Gasteiger partial charge in [0.05, 0.1) is 31.4 Å². The van der Waals surface area contributed by atoms with Crippen molar-refractivity contribution in [3.05, 3.63) is 71.5 Å². The standard InChI is InChI=1S/C26H28N4O3/c1-18-6-2-9-24(27-18)29-25-10-3-7-20(28-25)21-8-4-13-30(21)26(31)17-19-11-12-22-23(16-19)33-15-5-14-32-22/h2-3,6-7,9-12,16,21H,4-5,8,13-15,17H2,1H3,(H,27,28,29)/t21-/m0/s1. The third-order valence-corrected chi connectivity index (χ3v) is 6.00. The number of carbonyl (C=O) groups excluding carboxylic acids is 1. The van der Waals surface area contributed by atoms with Crippen molar-refractivity contribution in [3.8, 4) is 11.5 Å². The van der Waals surface area contributed by atoms with Gasteiger partial charge in [-0.25, -0.2) is 9.97 Å². The molecule has 2 aromatic heterocycles. The summed E-state index contributed by atoms with van der Waals surface area (Å²) in [6.45, 7) is 3.99. The number of amides is 1. The van der Waals surface area contributed by atoms with Crippen molar-refractivity contribution in [2.24, 2.45) is 0 Å². The van der Waals surface area contributed by atoms with Gasteiger partial charge in [-0.15, -0.1) is 0 Å². The lowest BCUT2D eigenvalue weighted by molar-refractivity contribution is -0.131. The molecule has 1 saturated heterocycles. The van der Waals surface area contributed by atoms with E-state index in [0.717, 1.165) is 65.9 Å². The molecule has 2 aliphatic rings. The highest BCUT2D eigenvalue weighted by Gasteiger charge is 2.31. The van der Waals surface area contributed by atoms with Crippen molar-refractivity contribution in [2.75, 3.05) is 25.1 Å². The molecule has 0 spiro atoms. The van der Waals surface area contributed by atoms with Crippen LogP contribution in [-0.2, 0) is 11.2 Å². The first kappa shape index (κ1) is 21.2. The van der Waals surface area contributed by atoms with E-state index in [0.29, 0.717) is 19.6 Å². The molecular formula is C26H28N4O3. The highest BCUT2D eigenvalue weighted by atomic mass is 16.5. The predicted molar refractivity (Wildman–Crippen MR) is 126 cm³/mol. The van der Waals surface area contributed by atoms with E-state index >= 15 is 0 Å². The Bertz CT molecular complexity index is 1150. The number of nitrogens with one attached hydrogen (secondary N) is 1. The summed E-state index contributed by atoms with van der Waals surface area (Å²) in [6, 6.07) is 17.5. The fraction of sp³-hybridized carbons (Fsp3) is 0.346. The molecule has 33 heavy (non-hydrogen) atoms. The number of pyridine rings is 2. The third kappa shape index (κ3) is 4.92. The van der Waals surface area contributed by atoms with Gasteiger partial charge in [-0.05, 0) is 61.7 Å². The molecule has 0 bridgehead atoms. The van der Waals surface area contributed by atoms with Gasteiger partial charge in [0, 0.05) is 18.7 Å². The van der Waals surface area contributed by atoms with Crippen molar-refractivity contribution in [1.29, 1.82) is 0 Å². The number of hydrogen-bond acceptors (Lipinski definition) is 6. The largest absolute Gasteiger partial charge is 0.490 e. The van der Waals surface area contributed by atoms with Gasteiger partial charge in [0.1, 0.15) is 11.6 Å². The monoisotopic (exact) mass is 444 g/mol. The van der Waals surface area contributed by atoms with Crippen LogP contribution in [0, 0.1) is 6.92 Å². The number of anilines is 2. The maximum atomic E-state index is 13.2. The molecule has 5 rings (SSSR count). The van der Waals surface area contributed by atoms with Crippen molar-refractivity contribution in [3.63, 3.8) is 0 Å². The SMILES string of the molecule is Cc1cccc(Nc2cccc([C@@H]3CCCN3C(=O)Cc3ccc4c(c3)OCCCO4)n2)n1. The number of benzene rings is 1. The quantitative estimate of drug-likeness (QED) is 0.620. The molecule has 170 valence electrons. The zero-order chi connectivity index (χ0) is 22.6. The Kier molecular flexibility index (Phi) is 6.11. The van der Waals surface area contributed by atoms with Gasteiger partial charge in [-0.1, -0.05) is 18.2 Å². The lowest BCUT2D eigenvalue weighted by Gasteiger charge is -2.25. The fourth-order valence-electron chi connectivity index (χ4n) is 4.42. The van der Waals surface area contributed by atoms with Gasteiger partial charge in [-0.2, -0.15) is 0 Å². The van der Waals surface area contributed by atoms with E-state index in [1.807, 2.05) is 66.4 Å². The summed E-state index contributed by atoms with van der Waals surface area (Å²) in [6.07, 6.45) is 3.07. The van der Waals surface area contributed by atoms with E-state index in [2.05, 4.69) is 10.3 Å². The minimum absolute atomic E-state index is 0.0230. The Labute approximate surface area is 193 Å². The van der Waals surface area contributed by atoms with E-state index in [-0.39, 0.29) is 11.9 Å². The number of aromatic nitrogens is 2. The number of rotatable bonds is 5. The maximum absolute atomic E-state index is 13.2. The van der Waals surface area contributed by atoms with E-state index in [9.17, 15) is 4.79 Å². The number of hydrogen-bond donors (Lipinski definition) is 1. The van der Waals surface area contributed by atoms with Gasteiger partial charge in [0.2, 0.25) is 5.91 Å². The first-order valence-electron chi connectivity index (χ1n) is 11.5. The number of likely N-dealkylation sites (tertiary alicyclic amines) is 1. The molecule has 2 aliphatic heterocycles. The molecule has 1 N–H and O–H groups in total.